The van der Waals surface area contributed by atoms with E-state index in [4.69, 9.17) is 9.73 Å². The highest BCUT2D eigenvalue weighted by molar-refractivity contribution is 8.00. The van der Waals surface area contributed by atoms with E-state index >= 15 is 0 Å². The Hall–Kier alpha value is -1.28. The zero-order chi connectivity index (χ0) is 17.4. The van der Waals surface area contributed by atoms with Crippen LogP contribution in [0.1, 0.15) is 31.4 Å². The van der Waals surface area contributed by atoms with Crippen LogP contribution in [0, 0.1) is 6.92 Å². The van der Waals surface area contributed by atoms with E-state index in [0.29, 0.717) is 11.8 Å². The summed E-state index contributed by atoms with van der Waals surface area (Å²) in [4.78, 5) is 7.19. The van der Waals surface area contributed by atoms with Gasteiger partial charge in [-0.3, -0.25) is 0 Å². The Balaban J connectivity index is 2.03. The molecular weight excluding hydrogens is 324 g/mol. The number of nitrogens with one attached hydrogen (secondary N) is 1. The molecule has 1 atom stereocenters. The van der Waals surface area contributed by atoms with Crippen LogP contribution in [0.2, 0.25) is 0 Å². The molecule has 0 bridgehead atoms. The molecule has 1 aromatic heterocycles. The van der Waals surface area contributed by atoms with Crippen LogP contribution in [0.5, 0.6) is 0 Å². The molecule has 0 spiro atoms. The normalized spacial score (nSPS) is 18.9. The van der Waals surface area contributed by atoms with Crippen molar-refractivity contribution in [3.8, 4) is 0 Å². The number of hydrogen-bond donors (Lipinski definition) is 1. The minimum Gasteiger partial charge on any atom is -0.385 e. The van der Waals surface area contributed by atoms with E-state index < -0.39 is 0 Å². The monoisotopic (exact) mass is 354 g/mol. The highest BCUT2D eigenvalue weighted by Gasteiger charge is 2.21. The third-order valence-electron chi connectivity index (χ3n) is 4.25. The predicted octanol–water partition coefficient (Wildman–Crippen LogP) is 1.43. The lowest BCUT2D eigenvalue weighted by atomic mass is 10.3. The maximum atomic E-state index is 5.13. The standard InChI is InChI=1S/C16H30N6OS/c1-5-14-12-22(8-10-24-14)16(17-7-6-9-23-4)18-11-15-20-19-13(2)21(15)3/h14H,5-12H2,1-4H3,(H,17,18). The van der Waals surface area contributed by atoms with E-state index in [9.17, 15) is 0 Å². The maximum absolute atomic E-state index is 5.13. The molecule has 1 N–H and O–H groups in total. The number of guanidine groups is 1. The predicted molar refractivity (Wildman–Crippen MR) is 99.5 cm³/mol. The van der Waals surface area contributed by atoms with Crippen molar-refractivity contribution in [2.45, 2.75) is 38.5 Å². The Labute approximate surface area is 149 Å². The first-order valence-electron chi connectivity index (χ1n) is 8.64. The van der Waals surface area contributed by atoms with Crippen LogP contribution in [0.3, 0.4) is 0 Å². The Morgan fingerprint density at radius 3 is 2.96 bits per heavy atom. The number of nitrogens with zero attached hydrogens (tertiary/aromatic N) is 5. The van der Waals surface area contributed by atoms with Gasteiger partial charge in [0.25, 0.3) is 0 Å². The molecular formula is C16H30N6OS. The summed E-state index contributed by atoms with van der Waals surface area (Å²) in [5, 5.41) is 12.5. The molecule has 2 rings (SSSR count). The molecule has 0 aliphatic carbocycles. The smallest absolute Gasteiger partial charge is 0.194 e. The highest BCUT2D eigenvalue weighted by atomic mass is 32.2. The SMILES string of the molecule is CCC1CN(C(=NCc2nnc(C)n2C)NCCCOC)CCS1. The van der Waals surface area contributed by atoms with Gasteiger partial charge in [-0.15, -0.1) is 10.2 Å². The van der Waals surface area contributed by atoms with Crippen molar-refractivity contribution in [2.75, 3.05) is 39.1 Å². The quantitative estimate of drug-likeness (QED) is 0.454. The molecule has 0 aromatic carbocycles. The fraction of sp³-hybridized carbons (Fsp3) is 0.812. The number of rotatable bonds is 7. The van der Waals surface area contributed by atoms with E-state index in [-0.39, 0.29) is 0 Å². The number of aromatic nitrogens is 3. The fourth-order valence-electron chi connectivity index (χ4n) is 2.58. The van der Waals surface area contributed by atoms with Gasteiger partial charge in [0.1, 0.15) is 12.4 Å². The van der Waals surface area contributed by atoms with Crippen molar-refractivity contribution >= 4 is 17.7 Å². The topological polar surface area (TPSA) is 67.6 Å². The lowest BCUT2D eigenvalue weighted by Gasteiger charge is -2.34. The van der Waals surface area contributed by atoms with E-state index in [2.05, 4.69) is 39.1 Å². The molecule has 136 valence electrons. The lowest BCUT2D eigenvalue weighted by Crippen LogP contribution is -2.48. The van der Waals surface area contributed by atoms with Gasteiger partial charge in [-0.2, -0.15) is 11.8 Å². The number of aryl methyl sites for hydroxylation is 1. The lowest BCUT2D eigenvalue weighted by molar-refractivity contribution is 0.195. The van der Waals surface area contributed by atoms with Crippen molar-refractivity contribution < 1.29 is 4.74 Å². The van der Waals surface area contributed by atoms with Crippen LogP contribution in [0.25, 0.3) is 0 Å². The van der Waals surface area contributed by atoms with Gasteiger partial charge < -0.3 is 19.5 Å². The molecule has 8 heteroatoms. The van der Waals surface area contributed by atoms with Gasteiger partial charge in [0.15, 0.2) is 11.8 Å². The summed E-state index contributed by atoms with van der Waals surface area (Å²) in [5.41, 5.74) is 0. The summed E-state index contributed by atoms with van der Waals surface area (Å²) in [7, 11) is 3.72. The van der Waals surface area contributed by atoms with Gasteiger partial charge in [-0.05, 0) is 19.8 Å². The van der Waals surface area contributed by atoms with Crippen molar-refractivity contribution in [1.82, 2.24) is 25.0 Å². The molecule has 1 aliphatic rings. The molecule has 0 saturated carbocycles. The second-order valence-electron chi connectivity index (χ2n) is 5.98. The maximum Gasteiger partial charge on any atom is 0.194 e. The van der Waals surface area contributed by atoms with Crippen molar-refractivity contribution in [1.29, 1.82) is 0 Å². The summed E-state index contributed by atoms with van der Waals surface area (Å²) < 4.78 is 7.13. The van der Waals surface area contributed by atoms with E-state index in [0.717, 1.165) is 56.0 Å². The van der Waals surface area contributed by atoms with E-state index in [1.54, 1.807) is 7.11 Å². The summed E-state index contributed by atoms with van der Waals surface area (Å²) in [6.45, 7) is 8.47. The van der Waals surface area contributed by atoms with Crippen molar-refractivity contribution in [2.24, 2.45) is 12.0 Å². The Kier molecular flexibility index (Phi) is 7.84. The number of thioether (sulfide) groups is 1. The first-order chi connectivity index (χ1) is 11.7. The van der Waals surface area contributed by atoms with Gasteiger partial charge >= 0.3 is 0 Å². The van der Waals surface area contributed by atoms with Crippen LogP contribution in [-0.2, 0) is 18.3 Å². The zero-order valence-electron chi connectivity index (χ0n) is 15.3. The van der Waals surface area contributed by atoms with Gasteiger partial charge in [0.2, 0.25) is 0 Å². The number of methoxy groups -OCH3 is 1. The van der Waals surface area contributed by atoms with Crippen LogP contribution >= 0.6 is 11.8 Å². The summed E-state index contributed by atoms with van der Waals surface area (Å²) in [6, 6.07) is 0. The number of hydrogen-bond acceptors (Lipinski definition) is 5. The van der Waals surface area contributed by atoms with Crippen LogP contribution in [0.4, 0.5) is 0 Å². The third-order valence-corrected chi connectivity index (χ3v) is 5.63. The highest BCUT2D eigenvalue weighted by Crippen LogP contribution is 2.21. The molecule has 1 fully saturated rings. The Morgan fingerprint density at radius 1 is 1.46 bits per heavy atom. The van der Waals surface area contributed by atoms with Crippen LogP contribution in [-0.4, -0.2) is 70.0 Å². The minimum atomic E-state index is 0.546. The van der Waals surface area contributed by atoms with Gasteiger partial charge in [0.05, 0.1) is 0 Å². The zero-order valence-corrected chi connectivity index (χ0v) is 16.1. The van der Waals surface area contributed by atoms with Gasteiger partial charge in [-0.1, -0.05) is 6.92 Å². The summed E-state index contributed by atoms with van der Waals surface area (Å²) in [6.07, 6.45) is 2.17. The molecule has 7 nitrogen and oxygen atoms in total. The summed E-state index contributed by atoms with van der Waals surface area (Å²) in [5.74, 6) is 3.93. The average molecular weight is 355 g/mol. The second kappa shape index (κ2) is 9.88. The first-order valence-corrected chi connectivity index (χ1v) is 9.69. The van der Waals surface area contributed by atoms with Gasteiger partial charge in [0, 0.05) is 51.4 Å². The number of aliphatic imine (C=N–C) groups is 1. The van der Waals surface area contributed by atoms with E-state index in [1.165, 1.54) is 6.42 Å². The number of ether oxygens (including phenoxy) is 1. The second-order valence-corrected chi connectivity index (χ2v) is 7.39. The molecule has 1 saturated heterocycles. The Morgan fingerprint density at radius 2 is 2.29 bits per heavy atom. The van der Waals surface area contributed by atoms with Crippen molar-refractivity contribution in [3.63, 3.8) is 0 Å². The molecule has 1 aliphatic heterocycles. The Bertz CT molecular complexity index is 533. The first kappa shape index (κ1) is 19.1. The summed E-state index contributed by atoms with van der Waals surface area (Å²) >= 11 is 2.07. The van der Waals surface area contributed by atoms with Crippen LogP contribution < -0.4 is 5.32 Å². The molecule has 1 unspecified atom stereocenters. The van der Waals surface area contributed by atoms with E-state index in [1.807, 2.05) is 18.5 Å². The minimum absolute atomic E-state index is 0.546. The largest absolute Gasteiger partial charge is 0.385 e. The molecule has 0 amide bonds. The fourth-order valence-corrected chi connectivity index (χ4v) is 3.76. The molecule has 1 aromatic rings. The van der Waals surface area contributed by atoms with Crippen molar-refractivity contribution in [3.05, 3.63) is 11.6 Å². The third kappa shape index (κ3) is 5.37. The molecule has 2 heterocycles. The molecule has 24 heavy (non-hydrogen) atoms. The average Bonchev–Trinajstić information content (AvgIpc) is 2.93. The molecule has 0 radical (unpaired) electrons. The van der Waals surface area contributed by atoms with Gasteiger partial charge in [-0.25, -0.2) is 4.99 Å². The van der Waals surface area contributed by atoms with Crippen LogP contribution in [0.15, 0.2) is 4.99 Å².